The first-order chi connectivity index (χ1) is 10.4. The third kappa shape index (κ3) is 4.88. The van der Waals surface area contributed by atoms with E-state index in [0.717, 1.165) is 17.0 Å². The molecule has 0 saturated heterocycles. The Labute approximate surface area is 128 Å². The highest BCUT2D eigenvalue weighted by atomic mass is 32.1. The van der Waals surface area contributed by atoms with Crippen molar-refractivity contribution < 1.29 is 18.0 Å². The zero-order chi connectivity index (χ0) is 16.0. The summed E-state index contributed by atoms with van der Waals surface area (Å²) < 4.78 is 37.6. The summed E-state index contributed by atoms with van der Waals surface area (Å²) in [5.41, 5.74) is 1.73. The molecule has 0 aliphatic rings. The van der Waals surface area contributed by atoms with Gasteiger partial charge in [0.25, 0.3) is 5.91 Å². The molecule has 2 aromatic rings. The van der Waals surface area contributed by atoms with Gasteiger partial charge in [0, 0.05) is 10.6 Å². The van der Waals surface area contributed by atoms with E-state index in [-0.39, 0.29) is 12.2 Å². The molecule has 1 heterocycles. The molecule has 0 aliphatic heterocycles. The van der Waals surface area contributed by atoms with Gasteiger partial charge in [0.05, 0.1) is 18.3 Å². The van der Waals surface area contributed by atoms with Gasteiger partial charge >= 0.3 is 6.18 Å². The summed E-state index contributed by atoms with van der Waals surface area (Å²) in [6.45, 7) is -0.177. The molecule has 1 aromatic carbocycles. The average molecular weight is 327 g/mol. The number of carbonyl (C=O) groups is 1. The molecular weight excluding hydrogens is 315 g/mol. The maximum atomic E-state index is 12.5. The zero-order valence-corrected chi connectivity index (χ0v) is 12.0. The lowest BCUT2D eigenvalue weighted by Gasteiger charge is -2.09. The summed E-state index contributed by atoms with van der Waals surface area (Å²) in [4.78, 5) is 12.4. The number of rotatable bonds is 5. The molecule has 0 aliphatic carbocycles. The normalized spacial score (nSPS) is 11.6. The van der Waals surface area contributed by atoms with Gasteiger partial charge in [-0.25, -0.2) is 5.43 Å². The molecule has 0 unspecified atom stereocenters. The Bertz CT molecular complexity index is 654. The fraction of sp³-hybridized carbons (Fsp3) is 0.143. The number of hydrazone groups is 1. The van der Waals surface area contributed by atoms with E-state index in [1.807, 2.05) is 17.5 Å². The number of thiophene rings is 1. The number of carbonyl (C=O) groups excluding carboxylic acids is 1. The van der Waals surface area contributed by atoms with Gasteiger partial charge in [-0.1, -0.05) is 12.1 Å². The van der Waals surface area contributed by atoms with Crippen LogP contribution in [-0.4, -0.2) is 18.7 Å². The highest BCUT2D eigenvalue weighted by Gasteiger charge is 2.30. The van der Waals surface area contributed by atoms with Crippen molar-refractivity contribution in [3.05, 3.63) is 52.2 Å². The van der Waals surface area contributed by atoms with Crippen LogP contribution in [0.1, 0.15) is 10.4 Å². The number of amides is 1. The van der Waals surface area contributed by atoms with E-state index in [0.29, 0.717) is 0 Å². The van der Waals surface area contributed by atoms with Crippen LogP contribution in [0.25, 0.3) is 0 Å². The summed E-state index contributed by atoms with van der Waals surface area (Å²) in [6, 6.07) is 8.33. The van der Waals surface area contributed by atoms with Crippen molar-refractivity contribution in [2.45, 2.75) is 6.18 Å². The Balaban J connectivity index is 1.83. The lowest BCUT2D eigenvalue weighted by atomic mass is 10.2. The number of benzene rings is 1. The predicted octanol–water partition coefficient (Wildman–Crippen LogP) is 3.33. The van der Waals surface area contributed by atoms with Crippen LogP contribution >= 0.6 is 11.3 Å². The van der Waals surface area contributed by atoms with Crippen molar-refractivity contribution in [1.82, 2.24) is 5.43 Å². The minimum atomic E-state index is -4.41. The van der Waals surface area contributed by atoms with Gasteiger partial charge < -0.3 is 5.32 Å². The molecule has 0 spiro atoms. The minimum Gasteiger partial charge on any atom is -0.376 e. The van der Waals surface area contributed by atoms with Crippen LogP contribution in [0, 0.1) is 0 Å². The standard InChI is InChI=1S/C14H12F3N3OS/c15-14(16,17)10-3-1-4-11(7-10)18-9-13(21)20-19-8-12-5-2-6-22-12/h1-8,18H,9H2,(H,20,21)/b19-8+. The van der Waals surface area contributed by atoms with Crippen molar-refractivity contribution in [1.29, 1.82) is 0 Å². The Morgan fingerprint density at radius 2 is 2.09 bits per heavy atom. The van der Waals surface area contributed by atoms with Crippen LogP contribution in [0.3, 0.4) is 0 Å². The van der Waals surface area contributed by atoms with E-state index in [2.05, 4.69) is 15.8 Å². The summed E-state index contributed by atoms with van der Waals surface area (Å²) in [6.07, 6.45) is -2.92. The second-order valence-electron chi connectivity index (χ2n) is 4.24. The van der Waals surface area contributed by atoms with E-state index < -0.39 is 17.6 Å². The summed E-state index contributed by atoms with van der Waals surface area (Å²) >= 11 is 1.47. The highest BCUT2D eigenvalue weighted by Crippen LogP contribution is 2.30. The second-order valence-corrected chi connectivity index (χ2v) is 5.22. The molecule has 116 valence electrons. The number of nitrogens with one attached hydrogen (secondary N) is 2. The number of alkyl halides is 3. The molecule has 0 radical (unpaired) electrons. The molecule has 22 heavy (non-hydrogen) atoms. The van der Waals surface area contributed by atoms with Crippen LogP contribution in [0.15, 0.2) is 46.9 Å². The van der Waals surface area contributed by atoms with Crippen molar-refractivity contribution in [2.24, 2.45) is 5.10 Å². The van der Waals surface area contributed by atoms with Gasteiger partial charge in [0.1, 0.15) is 0 Å². The van der Waals surface area contributed by atoms with Crippen LogP contribution in [0.5, 0.6) is 0 Å². The van der Waals surface area contributed by atoms with Gasteiger partial charge in [-0.3, -0.25) is 4.79 Å². The molecule has 0 saturated carbocycles. The van der Waals surface area contributed by atoms with Crippen LogP contribution in [0.4, 0.5) is 18.9 Å². The van der Waals surface area contributed by atoms with E-state index in [1.54, 1.807) is 0 Å². The number of halogens is 3. The quantitative estimate of drug-likeness (QED) is 0.654. The first kappa shape index (κ1) is 16.0. The first-order valence-electron chi connectivity index (χ1n) is 6.22. The first-order valence-corrected chi connectivity index (χ1v) is 7.09. The Morgan fingerprint density at radius 3 is 2.77 bits per heavy atom. The summed E-state index contributed by atoms with van der Waals surface area (Å²) in [5, 5.41) is 8.24. The number of nitrogens with zero attached hydrogens (tertiary/aromatic N) is 1. The van der Waals surface area contributed by atoms with E-state index in [9.17, 15) is 18.0 Å². The Morgan fingerprint density at radius 1 is 1.27 bits per heavy atom. The molecule has 0 fully saturated rings. The Hall–Kier alpha value is -2.35. The molecular formula is C14H12F3N3OS. The summed E-state index contributed by atoms with van der Waals surface area (Å²) in [7, 11) is 0. The fourth-order valence-electron chi connectivity index (χ4n) is 1.56. The number of anilines is 1. The summed E-state index contributed by atoms with van der Waals surface area (Å²) in [5.74, 6) is -0.454. The fourth-order valence-corrected chi connectivity index (χ4v) is 2.14. The zero-order valence-electron chi connectivity index (χ0n) is 11.2. The third-order valence-corrected chi connectivity index (χ3v) is 3.37. The monoisotopic (exact) mass is 327 g/mol. The average Bonchev–Trinajstić information content (AvgIpc) is 2.98. The lowest BCUT2D eigenvalue weighted by Crippen LogP contribution is -2.25. The highest BCUT2D eigenvalue weighted by molar-refractivity contribution is 7.11. The molecule has 8 heteroatoms. The van der Waals surface area contributed by atoms with Crippen molar-refractivity contribution in [2.75, 3.05) is 11.9 Å². The predicted molar refractivity (Wildman–Crippen MR) is 80.0 cm³/mol. The van der Waals surface area contributed by atoms with Gasteiger partial charge in [-0.2, -0.15) is 18.3 Å². The van der Waals surface area contributed by atoms with Crippen molar-refractivity contribution >= 4 is 29.1 Å². The number of hydrogen-bond acceptors (Lipinski definition) is 4. The van der Waals surface area contributed by atoms with Gasteiger partial charge in [-0.05, 0) is 29.6 Å². The minimum absolute atomic E-state index is 0.177. The molecule has 2 N–H and O–H groups in total. The largest absolute Gasteiger partial charge is 0.416 e. The van der Waals surface area contributed by atoms with Gasteiger partial charge in [-0.15, -0.1) is 11.3 Å². The van der Waals surface area contributed by atoms with Gasteiger partial charge in [0.15, 0.2) is 0 Å². The second kappa shape index (κ2) is 7.08. The lowest BCUT2D eigenvalue weighted by molar-refractivity contribution is -0.137. The molecule has 1 amide bonds. The smallest absolute Gasteiger partial charge is 0.376 e. The van der Waals surface area contributed by atoms with Crippen molar-refractivity contribution in [3.8, 4) is 0 Å². The maximum absolute atomic E-state index is 12.5. The Kier molecular flexibility index (Phi) is 5.16. The van der Waals surface area contributed by atoms with Crippen LogP contribution in [0.2, 0.25) is 0 Å². The van der Waals surface area contributed by atoms with E-state index in [4.69, 9.17) is 0 Å². The van der Waals surface area contributed by atoms with Crippen molar-refractivity contribution in [3.63, 3.8) is 0 Å². The third-order valence-electron chi connectivity index (χ3n) is 2.57. The molecule has 0 bridgehead atoms. The molecule has 1 aromatic heterocycles. The van der Waals surface area contributed by atoms with E-state index in [1.165, 1.54) is 29.7 Å². The number of hydrogen-bond donors (Lipinski definition) is 2. The topological polar surface area (TPSA) is 53.5 Å². The molecule has 0 atom stereocenters. The maximum Gasteiger partial charge on any atom is 0.416 e. The van der Waals surface area contributed by atoms with Crippen LogP contribution in [-0.2, 0) is 11.0 Å². The van der Waals surface area contributed by atoms with Crippen LogP contribution < -0.4 is 10.7 Å². The van der Waals surface area contributed by atoms with E-state index >= 15 is 0 Å². The van der Waals surface area contributed by atoms with Gasteiger partial charge in [0.2, 0.25) is 0 Å². The SMILES string of the molecule is O=C(CNc1cccc(C(F)(F)F)c1)N/N=C/c1cccs1. The molecule has 4 nitrogen and oxygen atoms in total. The molecule has 2 rings (SSSR count).